The minimum atomic E-state index is 0.0519. The predicted octanol–water partition coefficient (Wildman–Crippen LogP) is 2.36. The van der Waals surface area contributed by atoms with Crippen molar-refractivity contribution >= 4 is 11.8 Å². The zero-order valence-corrected chi connectivity index (χ0v) is 14.1. The van der Waals surface area contributed by atoms with Crippen molar-refractivity contribution in [2.45, 2.75) is 38.6 Å². The van der Waals surface area contributed by atoms with E-state index in [4.69, 9.17) is 4.74 Å². The minimum absolute atomic E-state index is 0.0519. The van der Waals surface area contributed by atoms with Crippen molar-refractivity contribution in [3.05, 3.63) is 35.4 Å². The van der Waals surface area contributed by atoms with Crippen molar-refractivity contribution in [3.63, 3.8) is 0 Å². The molecule has 0 atom stereocenters. The summed E-state index contributed by atoms with van der Waals surface area (Å²) in [5, 5.41) is 3.03. The number of rotatable bonds is 4. The number of amides is 2. The summed E-state index contributed by atoms with van der Waals surface area (Å²) < 4.78 is 5.28. The molecule has 1 aromatic rings. The van der Waals surface area contributed by atoms with Crippen LogP contribution in [0, 0.1) is 5.92 Å². The van der Waals surface area contributed by atoms with Gasteiger partial charge in [0.05, 0.1) is 13.2 Å². The molecule has 0 spiro atoms. The smallest absolute Gasteiger partial charge is 0.254 e. The number of hydrogen-bond donors (Lipinski definition) is 1. The van der Waals surface area contributed by atoms with Crippen LogP contribution in [0.4, 0.5) is 0 Å². The molecule has 1 aliphatic heterocycles. The average molecular weight is 330 g/mol. The number of carbonyl (C=O) groups excluding carboxylic acids is 2. The van der Waals surface area contributed by atoms with Gasteiger partial charge >= 0.3 is 0 Å². The van der Waals surface area contributed by atoms with Gasteiger partial charge in [0.25, 0.3) is 5.91 Å². The second kappa shape index (κ2) is 8.29. The zero-order chi connectivity index (χ0) is 16.8. The maximum Gasteiger partial charge on any atom is 0.254 e. The maximum absolute atomic E-state index is 12.4. The van der Waals surface area contributed by atoms with Crippen molar-refractivity contribution in [1.82, 2.24) is 10.2 Å². The molecule has 2 amide bonds. The summed E-state index contributed by atoms with van der Waals surface area (Å²) in [6.45, 7) is 3.05. The van der Waals surface area contributed by atoms with E-state index < -0.39 is 0 Å². The van der Waals surface area contributed by atoms with Gasteiger partial charge in [-0.15, -0.1) is 0 Å². The lowest BCUT2D eigenvalue weighted by Crippen LogP contribution is -2.40. The summed E-state index contributed by atoms with van der Waals surface area (Å²) in [6, 6.07) is 7.55. The van der Waals surface area contributed by atoms with Gasteiger partial charge in [0, 0.05) is 31.1 Å². The highest BCUT2D eigenvalue weighted by molar-refractivity contribution is 5.94. The second-order valence-electron chi connectivity index (χ2n) is 6.65. The molecular weight excluding hydrogens is 304 g/mol. The van der Waals surface area contributed by atoms with Gasteiger partial charge in [-0.25, -0.2) is 0 Å². The van der Waals surface area contributed by atoms with E-state index in [2.05, 4.69) is 5.32 Å². The van der Waals surface area contributed by atoms with Gasteiger partial charge in [-0.2, -0.15) is 0 Å². The third kappa shape index (κ3) is 4.35. The number of benzene rings is 1. The number of hydrogen-bond acceptors (Lipinski definition) is 3. The highest BCUT2D eigenvalue weighted by Gasteiger charge is 2.21. The molecule has 3 rings (SSSR count). The van der Waals surface area contributed by atoms with Crippen molar-refractivity contribution in [2.24, 2.45) is 5.92 Å². The molecule has 5 heteroatoms. The quantitative estimate of drug-likeness (QED) is 0.922. The maximum atomic E-state index is 12.4. The normalized spacial score (nSPS) is 19.1. The Morgan fingerprint density at radius 2 is 1.71 bits per heavy atom. The van der Waals surface area contributed by atoms with Crippen LogP contribution >= 0.6 is 0 Å². The predicted molar refractivity (Wildman–Crippen MR) is 91.6 cm³/mol. The summed E-state index contributed by atoms with van der Waals surface area (Å²) in [7, 11) is 0. The molecule has 0 aromatic heterocycles. The largest absolute Gasteiger partial charge is 0.378 e. The van der Waals surface area contributed by atoms with Crippen molar-refractivity contribution in [2.75, 3.05) is 26.3 Å². The Labute approximate surface area is 143 Å². The summed E-state index contributed by atoms with van der Waals surface area (Å²) >= 11 is 0. The zero-order valence-electron chi connectivity index (χ0n) is 14.1. The van der Waals surface area contributed by atoms with E-state index in [1.54, 1.807) is 0 Å². The Balaban J connectivity index is 1.50. The van der Waals surface area contributed by atoms with Crippen LogP contribution in [-0.2, 0) is 16.1 Å². The molecule has 1 saturated heterocycles. The Bertz CT molecular complexity index is 558. The van der Waals surface area contributed by atoms with Gasteiger partial charge in [-0.1, -0.05) is 31.4 Å². The highest BCUT2D eigenvalue weighted by Crippen LogP contribution is 2.23. The molecule has 1 N–H and O–H groups in total. The molecule has 0 unspecified atom stereocenters. The number of morpholine rings is 1. The Morgan fingerprint density at radius 1 is 1.04 bits per heavy atom. The molecule has 130 valence electrons. The van der Waals surface area contributed by atoms with Crippen molar-refractivity contribution < 1.29 is 14.3 Å². The number of carbonyl (C=O) groups is 2. The first-order valence-electron chi connectivity index (χ1n) is 8.98. The highest BCUT2D eigenvalue weighted by atomic mass is 16.5. The van der Waals surface area contributed by atoms with Gasteiger partial charge in [-0.05, 0) is 30.5 Å². The molecule has 1 heterocycles. The summed E-state index contributed by atoms with van der Waals surface area (Å²) in [5.41, 5.74) is 1.72. The van der Waals surface area contributed by atoms with Crippen LogP contribution in [0.5, 0.6) is 0 Å². The second-order valence-corrected chi connectivity index (χ2v) is 6.65. The van der Waals surface area contributed by atoms with Gasteiger partial charge in [0.2, 0.25) is 5.91 Å². The van der Waals surface area contributed by atoms with Crippen LogP contribution < -0.4 is 5.32 Å². The van der Waals surface area contributed by atoms with E-state index in [1.165, 1.54) is 6.42 Å². The molecule has 2 aliphatic rings. The average Bonchev–Trinajstić information content (AvgIpc) is 2.67. The fourth-order valence-corrected chi connectivity index (χ4v) is 3.41. The van der Waals surface area contributed by atoms with E-state index in [0.717, 1.165) is 31.2 Å². The first-order valence-corrected chi connectivity index (χ1v) is 8.98. The minimum Gasteiger partial charge on any atom is -0.378 e. The third-order valence-corrected chi connectivity index (χ3v) is 4.94. The lowest BCUT2D eigenvalue weighted by molar-refractivity contribution is -0.126. The number of nitrogens with one attached hydrogen (secondary N) is 1. The molecule has 0 bridgehead atoms. The molecule has 1 saturated carbocycles. The van der Waals surface area contributed by atoms with Crippen LogP contribution in [0.3, 0.4) is 0 Å². The van der Waals surface area contributed by atoms with E-state index in [9.17, 15) is 9.59 Å². The number of nitrogens with zero attached hydrogens (tertiary/aromatic N) is 1. The summed E-state index contributed by atoms with van der Waals surface area (Å²) in [4.78, 5) is 26.4. The lowest BCUT2D eigenvalue weighted by Gasteiger charge is -2.26. The summed E-state index contributed by atoms with van der Waals surface area (Å²) in [6.07, 6.45) is 5.60. The molecule has 5 nitrogen and oxygen atoms in total. The topological polar surface area (TPSA) is 58.6 Å². The van der Waals surface area contributed by atoms with E-state index >= 15 is 0 Å². The van der Waals surface area contributed by atoms with E-state index in [1.807, 2.05) is 29.2 Å². The first kappa shape index (κ1) is 17.0. The van der Waals surface area contributed by atoms with Crippen LogP contribution in [-0.4, -0.2) is 43.0 Å². The Hall–Kier alpha value is -1.88. The lowest BCUT2D eigenvalue weighted by atomic mass is 9.88. The van der Waals surface area contributed by atoms with Gasteiger partial charge < -0.3 is 15.0 Å². The van der Waals surface area contributed by atoms with Crippen LogP contribution in [0.15, 0.2) is 24.3 Å². The van der Waals surface area contributed by atoms with Crippen LogP contribution in [0.25, 0.3) is 0 Å². The van der Waals surface area contributed by atoms with Crippen LogP contribution in [0.2, 0.25) is 0 Å². The standard InChI is InChI=1S/C19H26N2O3/c22-18(16-4-2-1-3-5-16)20-14-15-6-8-17(9-7-15)19(23)21-10-12-24-13-11-21/h6-9,16H,1-5,10-14H2,(H,20,22). The van der Waals surface area contributed by atoms with Crippen LogP contribution in [0.1, 0.15) is 48.0 Å². The SMILES string of the molecule is O=C(NCc1ccc(C(=O)N2CCOCC2)cc1)C1CCCCC1. The fraction of sp³-hybridized carbons (Fsp3) is 0.579. The first-order chi connectivity index (χ1) is 11.7. The van der Waals surface area contributed by atoms with Gasteiger partial charge in [0.1, 0.15) is 0 Å². The molecule has 1 aromatic carbocycles. The van der Waals surface area contributed by atoms with Crippen molar-refractivity contribution in [3.8, 4) is 0 Å². The Morgan fingerprint density at radius 3 is 2.38 bits per heavy atom. The van der Waals surface area contributed by atoms with Gasteiger partial charge in [-0.3, -0.25) is 9.59 Å². The molecule has 0 radical (unpaired) electrons. The molecule has 2 fully saturated rings. The van der Waals surface area contributed by atoms with E-state index in [-0.39, 0.29) is 17.7 Å². The summed E-state index contributed by atoms with van der Waals surface area (Å²) in [5.74, 6) is 0.403. The molecular formula is C19H26N2O3. The number of ether oxygens (including phenoxy) is 1. The monoisotopic (exact) mass is 330 g/mol. The van der Waals surface area contributed by atoms with E-state index in [0.29, 0.717) is 38.4 Å². The molecule has 24 heavy (non-hydrogen) atoms. The molecule has 1 aliphatic carbocycles. The van der Waals surface area contributed by atoms with Gasteiger partial charge in [0.15, 0.2) is 0 Å². The Kier molecular flexibility index (Phi) is 5.86. The van der Waals surface area contributed by atoms with Crippen molar-refractivity contribution in [1.29, 1.82) is 0 Å². The third-order valence-electron chi connectivity index (χ3n) is 4.94. The fourth-order valence-electron chi connectivity index (χ4n) is 3.41.